The van der Waals surface area contributed by atoms with Gasteiger partial charge in [-0.2, -0.15) is 0 Å². The lowest BCUT2D eigenvalue weighted by molar-refractivity contribution is 0.543. The van der Waals surface area contributed by atoms with Crippen molar-refractivity contribution in [1.29, 1.82) is 0 Å². The molecule has 3 N–H and O–H groups in total. The number of allylic oxidation sites excluding steroid dienone is 6. The van der Waals surface area contributed by atoms with Gasteiger partial charge in [0.05, 0.1) is 5.71 Å². The van der Waals surface area contributed by atoms with E-state index in [0.29, 0.717) is 11.9 Å². The van der Waals surface area contributed by atoms with Gasteiger partial charge in [0.1, 0.15) is 0 Å². The highest BCUT2D eigenvalue weighted by Crippen LogP contribution is 2.26. The van der Waals surface area contributed by atoms with Crippen LogP contribution in [0.5, 0.6) is 0 Å². The fourth-order valence-electron chi connectivity index (χ4n) is 3.79. The quantitative estimate of drug-likeness (QED) is 0.326. The lowest BCUT2D eigenvalue weighted by atomic mass is 9.88. The van der Waals surface area contributed by atoms with Crippen LogP contribution in [0.4, 0.5) is 11.4 Å². The largest absolute Gasteiger partial charge is 0.399 e. The van der Waals surface area contributed by atoms with E-state index in [1.807, 2.05) is 18.2 Å². The maximum absolute atomic E-state index is 5.96. The van der Waals surface area contributed by atoms with Gasteiger partial charge in [-0.1, -0.05) is 51.0 Å². The molecule has 1 unspecified atom stereocenters. The lowest BCUT2D eigenvalue weighted by Crippen LogP contribution is -2.20. The van der Waals surface area contributed by atoms with Gasteiger partial charge in [-0.3, -0.25) is 4.99 Å². The van der Waals surface area contributed by atoms with Gasteiger partial charge in [0, 0.05) is 24.3 Å². The van der Waals surface area contributed by atoms with Crippen molar-refractivity contribution in [2.45, 2.75) is 73.6 Å². The summed E-state index contributed by atoms with van der Waals surface area (Å²) in [4.78, 5) is 9.49. The first-order chi connectivity index (χ1) is 14.9. The predicted octanol–water partition coefficient (Wildman–Crippen LogP) is 7.25. The van der Waals surface area contributed by atoms with Gasteiger partial charge in [-0.25, -0.2) is 4.99 Å². The highest BCUT2D eigenvalue weighted by atomic mass is 15.1. The van der Waals surface area contributed by atoms with Crippen molar-refractivity contribution in [1.82, 2.24) is 0 Å². The monoisotopic (exact) mass is 420 g/mol. The number of nitrogens with zero attached hydrogens (tertiary/aromatic N) is 2. The molecule has 1 atom stereocenters. The fraction of sp³-hybridized carbons (Fsp3) is 0.481. The average Bonchev–Trinajstić information content (AvgIpc) is 2.77. The van der Waals surface area contributed by atoms with Crippen molar-refractivity contribution in [2.75, 3.05) is 17.6 Å². The Kier molecular flexibility index (Phi) is 9.77. The Bertz CT molecular complexity index is 900. The van der Waals surface area contributed by atoms with Gasteiger partial charge >= 0.3 is 0 Å². The van der Waals surface area contributed by atoms with Crippen molar-refractivity contribution in [3.8, 4) is 0 Å². The molecule has 0 radical (unpaired) electrons. The van der Waals surface area contributed by atoms with Crippen LogP contribution in [0.2, 0.25) is 0 Å². The summed E-state index contributed by atoms with van der Waals surface area (Å²) < 4.78 is 0. The summed E-state index contributed by atoms with van der Waals surface area (Å²) in [5.41, 5.74) is 13.9. The Morgan fingerprint density at radius 1 is 1.23 bits per heavy atom. The van der Waals surface area contributed by atoms with E-state index in [1.54, 1.807) is 0 Å². The molecule has 1 aromatic carbocycles. The summed E-state index contributed by atoms with van der Waals surface area (Å²) in [7, 11) is 0. The van der Waals surface area contributed by atoms with Crippen LogP contribution in [-0.2, 0) is 0 Å². The van der Waals surface area contributed by atoms with Gasteiger partial charge in [-0.15, -0.1) is 0 Å². The standard InChI is InChI=1S/C27H40N4/c1-7-11-21(9-3)23(16-19(5)8-2)17-22(10-4)25-14-15-29-27(30-25)31-26-18-24(28)13-12-20(26)6/h10,12-13,16-18,21H,7-9,11,14-15,28H2,1-6H3,(H,29,31)/b19-16?,22-10+,23-17+. The zero-order valence-corrected chi connectivity index (χ0v) is 20.3. The molecule has 0 spiro atoms. The molecule has 168 valence electrons. The van der Waals surface area contributed by atoms with Crippen LogP contribution in [0.15, 0.2) is 63.1 Å². The summed E-state index contributed by atoms with van der Waals surface area (Å²) in [6.07, 6.45) is 12.4. The minimum absolute atomic E-state index is 0.576. The van der Waals surface area contributed by atoms with E-state index < -0.39 is 0 Å². The molecule has 1 aromatic rings. The molecule has 1 aliphatic heterocycles. The predicted molar refractivity (Wildman–Crippen MR) is 138 cm³/mol. The highest BCUT2D eigenvalue weighted by molar-refractivity contribution is 6.12. The molecule has 0 aliphatic carbocycles. The number of nitrogen functional groups attached to an aromatic ring is 1. The van der Waals surface area contributed by atoms with Crippen LogP contribution in [0.3, 0.4) is 0 Å². The van der Waals surface area contributed by atoms with E-state index in [1.165, 1.54) is 29.6 Å². The molecule has 4 heteroatoms. The molecule has 0 amide bonds. The smallest absolute Gasteiger partial charge is 0.222 e. The van der Waals surface area contributed by atoms with E-state index in [2.05, 4.69) is 70.1 Å². The zero-order valence-electron chi connectivity index (χ0n) is 20.3. The third-order valence-electron chi connectivity index (χ3n) is 5.90. The Labute approximate surface area is 189 Å². The number of rotatable bonds is 9. The van der Waals surface area contributed by atoms with E-state index in [4.69, 9.17) is 10.7 Å². The van der Waals surface area contributed by atoms with Crippen molar-refractivity contribution >= 4 is 23.0 Å². The van der Waals surface area contributed by atoms with Gasteiger partial charge in [0.2, 0.25) is 5.96 Å². The van der Waals surface area contributed by atoms with Crippen LogP contribution in [0, 0.1) is 12.8 Å². The molecule has 0 bridgehead atoms. The summed E-state index contributed by atoms with van der Waals surface area (Å²) >= 11 is 0. The molecule has 0 aromatic heterocycles. The first kappa shape index (κ1) is 24.6. The molecule has 31 heavy (non-hydrogen) atoms. The number of aryl methyl sites for hydroxylation is 1. The second kappa shape index (κ2) is 12.3. The van der Waals surface area contributed by atoms with E-state index in [0.717, 1.165) is 48.5 Å². The van der Waals surface area contributed by atoms with Gasteiger partial charge in [-0.05, 0) is 80.9 Å². The van der Waals surface area contributed by atoms with Crippen LogP contribution >= 0.6 is 0 Å². The number of nitrogens with one attached hydrogen (secondary N) is 1. The molecule has 0 saturated carbocycles. The molecule has 4 nitrogen and oxygen atoms in total. The molecule has 1 heterocycles. The van der Waals surface area contributed by atoms with E-state index in [9.17, 15) is 0 Å². The molecule has 0 saturated heterocycles. The molecular formula is C27H40N4. The number of nitrogens with two attached hydrogens (primary N) is 1. The van der Waals surface area contributed by atoms with Crippen LogP contribution in [0.1, 0.15) is 72.3 Å². The minimum Gasteiger partial charge on any atom is -0.399 e. The van der Waals surface area contributed by atoms with Crippen molar-refractivity contribution in [3.63, 3.8) is 0 Å². The normalized spacial score (nSPS) is 16.6. The van der Waals surface area contributed by atoms with Crippen LogP contribution < -0.4 is 11.1 Å². The zero-order chi connectivity index (χ0) is 22.8. The third-order valence-corrected chi connectivity index (χ3v) is 5.90. The summed E-state index contributed by atoms with van der Waals surface area (Å²) in [6.45, 7) is 13.9. The number of anilines is 2. The van der Waals surface area contributed by atoms with E-state index >= 15 is 0 Å². The average molecular weight is 421 g/mol. The van der Waals surface area contributed by atoms with Crippen molar-refractivity contribution in [3.05, 3.63) is 58.7 Å². The number of hydrogen-bond donors (Lipinski definition) is 2. The van der Waals surface area contributed by atoms with Gasteiger partial charge in [0.25, 0.3) is 0 Å². The van der Waals surface area contributed by atoms with Crippen LogP contribution in [0.25, 0.3) is 0 Å². The third kappa shape index (κ3) is 7.23. The van der Waals surface area contributed by atoms with Crippen molar-refractivity contribution in [2.24, 2.45) is 15.9 Å². The van der Waals surface area contributed by atoms with Gasteiger partial charge in [0.15, 0.2) is 0 Å². The highest BCUT2D eigenvalue weighted by Gasteiger charge is 2.16. The summed E-state index contributed by atoms with van der Waals surface area (Å²) in [5.74, 6) is 1.23. The molecule has 0 fully saturated rings. The topological polar surface area (TPSA) is 62.8 Å². The number of aliphatic imine (C=N–C) groups is 2. The number of guanidine groups is 1. The lowest BCUT2D eigenvalue weighted by Gasteiger charge is -2.19. The second-order valence-electron chi connectivity index (χ2n) is 8.34. The maximum atomic E-state index is 5.96. The van der Waals surface area contributed by atoms with Crippen molar-refractivity contribution < 1.29 is 0 Å². The van der Waals surface area contributed by atoms with Gasteiger partial charge < -0.3 is 11.1 Å². The Morgan fingerprint density at radius 2 is 2.00 bits per heavy atom. The number of benzene rings is 1. The molecule has 2 rings (SSSR count). The van der Waals surface area contributed by atoms with E-state index in [-0.39, 0.29) is 0 Å². The fourth-order valence-corrected chi connectivity index (χ4v) is 3.79. The summed E-state index contributed by atoms with van der Waals surface area (Å²) in [5, 5.41) is 3.37. The first-order valence-corrected chi connectivity index (χ1v) is 11.7. The molecule has 1 aliphatic rings. The van der Waals surface area contributed by atoms with Crippen LogP contribution in [-0.4, -0.2) is 18.2 Å². The Morgan fingerprint density at radius 3 is 2.65 bits per heavy atom. The summed E-state index contributed by atoms with van der Waals surface area (Å²) in [6, 6.07) is 5.86. The Balaban J connectivity index is 2.36. The molecular weight excluding hydrogens is 380 g/mol. The number of hydrogen-bond acceptors (Lipinski definition) is 4. The second-order valence-corrected chi connectivity index (χ2v) is 8.34. The Hall–Kier alpha value is -2.62. The maximum Gasteiger partial charge on any atom is 0.222 e. The first-order valence-electron chi connectivity index (χ1n) is 11.7. The minimum atomic E-state index is 0.576. The SMILES string of the molecule is C/C=C(\C=C(/C=C(C)CC)C(CC)CCC)C1=NC(Nc2cc(N)ccc2C)=NCC1.